The maximum Gasteiger partial charge on any atom is 0.311 e. The minimum Gasteiger partial charge on any atom is -0.462 e. The molecule has 0 N–H and O–H groups in total. The fourth-order valence-electron chi connectivity index (χ4n) is 3.37. The van der Waals surface area contributed by atoms with E-state index in [1.165, 1.54) is 83.5 Å². The van der Waals surface area contributed by atoms with E-state index in [1.807, 2.05) is 20.8 Å². The van der Waals surface area contributed by atoms with E-state index in [0.29, 0.717) is 0 Å². The quantitative estimate of drug-likeness (QED) is 0.186. The van der Waals surface area contributed by atoms with Crippen LogP contribution in [0, 0.1) is 11.3 Å². The van der Waals surface area contributed by atoms with Crippen molar-refractivity contribution in [2.75, 3.05) is 0 Å². The summed E-state index contributed by atoms with van der Waals surface area (Å²) in [5.74, 6) is 0.757. The first kappa shape index (κ1) is 26.5. The van der Waals surface area contributed by atoms with Crippen molar-refractivity contribution in [3.05, 3.63) is 0 Å². The van der Waals surface area contributed by atoms with Crippen molar-refractivity contribution >= 4 is 5.97 Å². The summed E-state index contributed by atoms with van der Waals surface area (Å²) in [7, 11) is 0. The van der Waals surface area contributed by atoms with Gasteiger partial charge in [0.15, 0.2) is 0 Å². The van der Waals surface area contributed by atoms with E-state index >= 15 is 0 Å². The molecule has 0 aliphatic heterocycles. The van der Waals surface area contributed by atoms with Crippen LogP contribution in [0.2, 0.25) is 0 Å². The number of rotatable bonds is 17. The van der Waals surface area contributed by atoms with Crippen LogP contribution in [0.3, 0.4) is 0 Å². The second-order valence-corrected chi connectivity index (χ2v) is 9.93. The molecule has 0 bridgehead atoms. The highest BCUT2D eigenvalue weighted by Crippen LogP contribution is 2.22. The lowest BCUT2D eigenvalue weighted by atomic mass is 9.96. The fourth-order valence-corrected chi connectivity index (χ4v) is 3.37. The van der Waals surface area contributed by atoms with Crippen LogP contribution in [0.1, 0.15) is 138 Å². The van der Waals surface area contributed by atoms with Gasteiger partial charge < -0.3 is 4.74 Å². The van der Waals surface area contributed by atoms with Gasteiger partial charge in [-0.25, -0.2) is 0 Å². The molecule has 0 heterocycles. The first-order valence-electron chi connectivity index (χ1n) is 12.0. The highest BCUT2D eigenvalue weighted by molar-refractivity contribution is 5.75. The average Bonchev–Trinajstić information content (AvgIpc) is 2.58. The Balaban J connectivity index is 4.02. The fraction of sp³-hybridized carbons (Fsp3) is 0.960. The van der Waals surface area contributed by atoms with E-state index in [2.05, 4.69) is 20.8 Å². The molecule has 162 valence electrons. The van der Waals surface area contributed by atoms with Gasteiger partial charge in [-0.2, -0.15) is 0 Å². The third-order valence-corrected chi connectivity index (χ3v) is 5.32. The van der Waals surface area contributed by atoms with E-state index in [-0.39, 0.29) is 12.1 Å². The van der Waals surface area contributed by atoms with Gasteiger partial charge in [-0.05, 0) is 52.4 Å². The molecule has 0 saturated heterocycles. The minimum absolute atomic E-state index is 0.0365. The summed E-state index contributed by atoms with van der Waals surface area (Å²) in [5, 5.41) is 0. The molecule has 0 rings (SSSR count). The van der Waals surface area contributed by atoms with Gasteiger partial charge in [-0.1, -0.05) is 91.4 Å². The summed E-state index contributed by atoms with van der Waals surface area (Å²) >= 11 is 0. The van der Waals surface area contributed by atoms with Crippen molar-refractivity contribution in [2.45, 2.75) is 144 Å². The molecule has 0 spiro atoms. The van der Waals surface area contributed by atoms with Crippen LogP contribution in [0.25, 0.3) is 0 Å². The maximum absolute atomic E-state index is 12.3. The van der Waals surface area contributed by atoms with E-state index < -0.39 is 5.41 Å². The highest BCUT2D eigenvalue weighted by atomic mass is 16.5. The molecule has 0 saturated carbocycles. The van der Waals surface area contributed by atoms with E-state index in [9.17, 15) is 4.79 Å². The van der Waals surface area contributed by atoms with Crippen molar-refractivity contribution < 1.29 is 9.53 Å². The Morgan fingerprint density at radius 2 is 1.11 bits per heavy atom. The standard InChI is InChI=1S/C25H50O2/c1-7-8-9-10-11-12-13-14-17-20-23(27-24(26)25(4,5)6)21-18-15-16-19-22(2)3/h22-23H,7-21H2,1-6H3. The van der Waals surface area contributed by atoms with Crippen LogP contribution in [-0.2, 0) is 9.53 Å². The molecular weight excluding hydrogens is 332 g/mol. The monoisotopic (exact) mass is 382 g/mol. The Hall–Kier alpha value is -0.530. The van der Waals surface area contributed by atoms with Crippen molar-refractivity contribution in [1.82, 2.24) is 0 Å². The van der Waals surface area contributed by atoms with E-state index in [0.717, 1.165) is 18.8 Å². The van der Waals surface area contributed by atoms with Gasteiger partial charge in [0.2, 0.25) is 0 Å². The lowest BCUT2D eigenvalue weighted by Gasteiger charge is -2.23. The zero-order valence-corrected chi connectivity index (χ0v) is 19.6. The summed E-state index contributed by atoms with van der Waals surface area (Å²) < 4.78 is 5.88. The Kier molecular flexibility index (Phi) is 16.1. The number of esters is 1. The first-order chi connectivity index (χ1) is 12.8. The van der Waals surface area contributed by atoms with Gasteiger partial charge in [0.1, 0.15) is 6.10 Å². The van der Waals surface area contributed by atoms with Crippen molar-refractivity contribution in [3.8, 4) is 0 Å². The van der Waals surface area contributed by atoms with Crippen LogP contribution >= 0.6 is 0 Å². The van der Waals surface area contributed by atoms with Crippen molar-refractivity contribution in [3.63, 3.8) is 0 Å². The summed E-state index contributed by atoms with van der Waals surface area (Å²) in [4.78, 5) is 12.3. The molecule has 2 heteroatoms. The van der Waals surface area contributed by atoms with Crippen LogP contribution in [-0.4, -0.2) is 12.1 Å². The summed E-state index contributed by atoms with van der Waals surface area (Å²) in [6, 6.07) is 0. The topological polar surface area (TPSA) is 26.3 Å². The van der Waals surface area contributed by atoms with Crippen LogP contribution < -0.4 is 0 Å². The van der Waals surface area contributed by atoms with Crippen molar-refractivity contribution in [2.24, 2.45) is 11.3 Å². The number of hydrogen-bond acceptors (Lipinski definition) is 2. The number of ether oxygens (including phenoxy) is 1. The summed E-state index contributed by atoms with van der Waals surface area (Å²) in [5.41, 5.74) is -0.394. The molecule has 1 unspecified atom stereocenters. The Morgan fingerprint density at radius 1 is 0.704 bits per heavy atom. The largest absolute Gasteiger partial charge is 0.462 e. The summed E-state index contributed by atoms with van der Waals surface area (Å²) in [6.07, 6.45) is 19.3. The molecule has 0 aliphatic rings. The molecule has 2 nitrogen and oxygen atoms in total. The van der Waals surface area contributed by atoms with Gasteiger partial charge in [0.05, 0.1) is 5.41 Å². The molecule has 1 atom stereocenters. The molecule has 0 radical (unpaired) electrons. The second kappa shape index (κ2) is 16.4. The van der Waals surface area contributed by atoms with Crippen LogP contribution in [0.4, 0.5) is 0 Å². The SMILES string of the molecule is CCCCCCCCCCCC(CCCCCC(C)C)OC(=O)C(C)(C)C. The number of carbonyl (C=O) groups is 1. The normalized spacial score (nSPS) is 13.1. The zero-order chi connectivity index (χ0) is 20.5. The average molecular weight is 383 g/mol. The number of carbonyl (C=O) groups excluding carboxylic acids is 1. The third-order valence-electron chi connectivity index (χ3n) is 5.32. The predicted octanol–water partition coefficient (Wildman–Crippen LogP) is 8.47. The van der Waals surface area contributed by atoms with Crippen LogP contribution in [0.5, 0.6) is 0 Å². The third kappa shape index (κ3) is 17.3. The zero-order valence-electron chi connectivity index (χ0n) is 19.6. The highest BCUT2D eigenvalue weighted by Gasteiger charge is 2.26. The predicted molar refractivity (Wildman–Crippen MR) is 119 cm³/mol. The summed E-state index contributed by atoms with van der Waals surface area (Å²) in [6.45, 7) is 12.7. The molecule has 27 heavy (non-hydrogen) atoms. The van der Waals surface area contributed by atoms with Gasteiger partial charge in [0, 0.05) is 0 Å². The Labute approximate surface area is 171 Å². The number of hydrogen-bond donors (Lipinski definition) is 0. The number of unbranched alkanes of at least 4 members (excludes halogenated alkanes) is 10. The molecule has 0 aromatic rings. The first-order valence-corrected chi connectivity index (χ1v) is 12.0. The Morgan fingerprint density at radius 3 is 1.56 bits per heavy atom. The Bertz CT molecular complexity index is 341. The molecule has 0 aromatic carbocycles. The van der Waals surface area contributed by atoms with Gasteiger partial charge in [-0.3, -0.25) is 4.79 Å². The molecule has 0 aromatic heterocycles. The van der Waals surface area contributed by atoms with Gasteiger partial charge in [0.25, 0.3) is 0 Å². The molecular formula is C25H50O2. The van der Waals surface area contributed by atoms with Gasteiger partial charge >= 0.3 is 5.97 Å². The van der Waals surface area contributed by atoms with Crippen LogP contribution in [0.15, 0.2) is 0 Å². The van der Waals surface area contributed by atoms with Gasteiger partial charge in [-0.15, -0.1) is 0 Å². The minimum atomic E-state index is -0.394. The molecule has 0 fully saturated rings. The molecule has 0 aliphatic carbocycles. The lowest BCUT2D eigenvalue weighted by Crippen LogP contribution is -2.28. The van der Waals surface area contributed by atoms with Crippen molar-refractivity contribution in [1.29, 1.82) is 0 Å². The maximum atomic E-state index is 12.3. The molecule has 0 amide bonds. The smallest absolute Gasteiger partial charge is 0.311 e. The van der Waals surface area contributed by atoms with E-state index in [4.69, 9.17) is 4.74 Å². The van der Waals surface area contributed by atoms with E-state index in [1.54, 1.807) is 0 Å². The lowest BCUT2D eigenvalue weighted by molar-refractivity contribution is -0.159. The second-order valence-electron chi connectivity index (χ2n) is 9.93.